The SMILES string of the molecule is Cn1c(=O)c(=O)n(O)c2ccc(C(C)(C)C)cc21. The second kappa shape index (κ2) is 3.73. The number of nitrogens with zero attached hydrogens (tertiary/aromatic N) is 2. The van der Waals surface area contributed by atoms with Gasteiger partial charge < -0.3 is 9.77 Å². The highest BCUT2D eigenvalue weighted by Crippen LogP contribution is 2.24. The minimum atomic E-state index is -0.937. The summed E-state index contributed by atoms with van der Waals surface area (Å²) in [5.74, 6) is 0. The molecule has 0 unspecified atom stereocenters. The molecule has 0 spiro atoms. The molecule has 1 heterocycles. The van der Waals surface area contributed by atoms with E-state index in [2.05, 4.69) is 20.8 Å². The van der Waals surface area contributed by atoms with Crippen LogP contribution in [-0.4, -0.2) is 14.5 Å². The van der Waals surface area contributed by atoms with Crippen molar-refractivity contribution in [1.82, 2.24) is 9.30 Å². The predicted octanol–water partition coefficient (Wildman–Crippen LogP) is 1.23. The van der Waals surface area contributed by atoms with E-state index in [0.29, 0.717) is 15.8 Å². The Bertz CT molecular complexity index is 733. The van der Waals surface area contributed by atoms with Crippen LogP contribution in [0.4, 0.5) is 0 Å². The lowest BCUT2D eigenvalue weighted by atomic mass is 9.87. The Hall–Kier alpha value is -2.04. The summed E-state index contributed by atoms with van der Waals surface area (Å²) in [7, 11) is 1.53. The monoisotopic (exact) mass is 248 g/mol. The molecular weight excluding hydrogens is 232 g/mol. The zero-order valence-corrected chi connectivity index (χ0v) is 10.9. The van der Waals surface area contributed by atoms with Crippen molar-refractivity contribution in [2.75, 3.05) is 0 Å². The van der Waals surface area contributed by atoms with E-state index in [1.54, 1.807) is 6.07 Å². The van der Waals surface area contributed by atoms with Crippen LogP contribution >= 0.6 is 0 Å². The molecule has 0 atom stereocenters. The molecule has 0 amide bonds. The Labute approximate surface area is 104 Å². The van der Waals surface area contributed by atoms with Gasteiger partial charge in [0.05, 0.1) is 5.52 Å². The first-order valence-corrected chi connectivity index (χ1v) is 5.69. The number of hydrogen-bond donors (Lipinski definition) is 1. The lowest BCUT2D eigenvalue weighted by molar-refractivity contribution is 0.186. The topological polar surface area (TPSA) is 64.2 Å². The lowest BCUT2D eigenvalue weighted by Crippen LogP contribution is -2.39. The van der Waals surface area contributed by atoms with Gasteiger partial charge in [0, 0.05) is 7.05 Å². The van der Waals surface area contributed by atoms with Crippen LogP contribution in [-0.2, 0) is 12.5 Å². The Morgan fingerprint density at radius 2 is 1.67 bits per heavy atom. The molecule has 1 aromatic heterocycles. The van der Waals surface area contributed by atoms with Gasteiger partial charge in [0.25, 0.3) is 0 Å². The molecule has 5 heteroatoms. The van der Waals surface area contributed by atoms with Crippen LogP contribution in [0.2, 0.25) is 0 Å². The van der Waals surface area contributed by atoms with Crippen molar-refractivity contribution in [3.63, 3.8) is 0 Å². The standard InChI is InChI=1S/C13H16N2O3/c1-13(2,3)8-5-6-9-10(7-8)14(4)11(16)12(17)15(9)18/h5-7,18H,1-4H3. The van der Waals surface area contributed by atoms with Gasteiger partial charge in [-0.25, -0.2) is 0 Å². The number of benzene rings is 1. The van der Waals surface area contributed by atoms with Gasteiger partial charge in [0.2, 0.25) is 0 Å². The van der Waals surface area contributed by atoms with Gasteiger partial charge in [-0.3, -0.25) is 9.59 Å². The number of fused-ring (bicyclic) bond motifs is 1. The van der Waals surface area contributed by atoms with Gasteiger partial charge >= 0.3 is 11.1 Å². The zero-order chi connectivity index (χ0) is 13.7. The van der Waals surface area contributed by atoms with Crippen LogP contribution in [0, 0.1) is 0 Å². The summed E-state index contributed by atoms with van der Waals surface area (Å²) in [6.07, 6.45) is 0. The molecule has 0 saturated carbocycles. The average molecular weight is 248 g/mol. The summed E-state index contributed by atoms with van der Waals surface area (Å²) < 4.78 is 1.67. The van der Waals surface area contributed by atoms with Crippen LogP contribution in [0.3, 0.4) is 0 Å². The van der Waals surface area contributed by atoms with Crippen molar-refractivity contribution in [1.29, 1.82) is 0 Å². The van der Waals surface area contributed by atoms with Crippen LogP contribution in [0.1, 0.15) is 26.3 Å². The van der Waals surface area contributed by atoms with Crippen LogP contribution in [0.15, 0.2) is 27.8 Å². The molecule has 2 aromatic rings. The van der Waals surface area contributed by atoms with Crippen LogP contribution in [0.5, 0.6) is 0 Å². The highest BCUT2D eigenvalue weighted by atomic mass is 16.5. The van der Waals surface area contributed by atoms with E-state index < -0.39 is 11.1 Å². The van der Waals surface area contributed by atoms with Gasteiger partial charge in [-0.1, -0.05) is 26.8 Å². The summed E-state index contributed by atoms with van der Waals surface area (Å²) in [5.41, 5.74) is 0.151. The highest BCUT2D eigenvalue weighted by molar-refractivity contribution is 5.76. The van der Waals surface area contributed by atoms with Crippen molar-refractivity contribution in [3.8, 4) is 0 Å². The first kappa shape index (κ1) is 12.4. The Morgan fingerprint density at radius 3 is 2.22 bits per heavy atom. The normalized spacial score (nSPS) is 12.0. The second-order valence-corrected chi connectivity index (χ2v) is 5.43. The summed E-state index contributed by atoms with van der Waals surface area (Å²) in [6.45, 7) is 6.17. The van der Waals surface area contributed by atoms with Gasteiger partial charge in [-0.05, 0) is 23.1 Å². The number of hydrogen-bond acceptors (Lipinski definition) is 3. The molecule has 1 N–H and O–H groups in total. The third-order valence-electron chi connectivity index (χ3n) is 3.11. The van der Waals surface area contributed by atoms with Crippen LogP contribution < -0.4 is 11.1 Å². The van der Waals surface area contributed by atoms with Gasteiger partial charge in [0.1, 0.15) is 5.52 Å². The van der Waals surface area contributed by atoms with E-state index in [4.69, 9.17) is 0 Å². The fraction of sp³-hybridized carbons (Fsp3) is 0.385. The average Bonchev–Trinajstić information content (AvgIpc) is 2.32. The zero-order valence-electron chi connectivity index (χ0n) is 10.9. The summed E-state index contributed by atoms with van der Waals surface area (Å²) >= 11 is 0. The third kappa shape index (κ3) is 1.72. The van der Waals surface area contributed by atoms with Gasteiger partial charge in [-0.15, -0.1) is 4.73 Å². The van der Waals surface area contributed by atoms with E-state index in [-0.39, 0.29) is 5.41 Å². The molecule has 0 aliphatic heterocycles. The Balaban J connectivity index is 2.96. The van der Waals surface area contributed by atoms with Crippen molar-refractivity contribution in [2.24, 2.45) is 7.05 Å². The first-order valence-electron chi connectivity index (χ1n) is 5.69. The molecule has 1 aromatic carbocycles. The van der Waals surface area contributed by atoms with Crippen molar-refractivity contribution in [2.45, 2.75) is 26.2 Å². The first-order chi connectivity index (χ1) is 8.23. The molecule has 5 nitrogen and oxygen atoms in total. The predicted molar refractivity (Wildman–Crippen MR) is 69.3 cm³/mol. The molecule has 0 radical (unpaired) electrons. The quantitative estimate of drug-likeness (QED) is 0.563. The molecule has 96 valence electrons. The Kier molecular flexibility index (Phi) is 2.57. The number of rotatable bonds is 0. The highest BCUT2D eigenvalue weighted by Gasteiger charge is 2.16. The minimum absolute atomic E-state index is 0.0688. The fourth-order valence-electron chi connectivity index (χ4n) is 1.89. The summed E-state index contributed by atoms with van der Waals surface area (Å²) in [5, 5.41) is 9.65. The van der Waals surface area contributed by atoms with Crippen molar-refractivity contribution >= 4 is 11.0 Å². The smallest absolute Gasteiger partial charge is 0.349 e. The largest absolute Gasteiger partial charge is 0.425 e. The summed E-state index contributed by atoms with van der Waals surface area (Å²) in [4.78, 5) is 23.1. The van der Waals surface area contributed by atoms with E-state index >= 15 is 0 Å². The molecule has 0 fully saturated rings. The van der Waals surface area contributed by atoms with Gasteiger partial charge in [-0.2, -0.15) is 0 Å². The maximum atomic E-state index is 11.6. The second-order valence-electron chi connectivity index (χ2n) is 5.43. The van der Waals surface area contributed by atoms with E-state index in [1.807, 2.05) is 12.1 Å². The lowest BCUT2D eigenvalue weighted by Gasteiger charge is -2.20. The van der Waals surface area contributed by atoms with Crippen molar-refractivity contribution < 1.29 is 5.21 Å². The van der Waals surface area contributed by atoms with E-state index in [1.165, 1.54) is 11.6 Å². The van der Waals surface area contributed by atoms with Crippen molar-refractivity contribution in [3.05, 3.63) is 44.5 Å². The molecule has 18 heavy (non-hydrogen) atoms. The van der Waals surface area contributed by atoms with Gasteiger partial charge in [0.15, 0.2) is 0 Å². The molecule has 0 aliphatic carbocycles. The number of aryl methyl sites for hydroxylation is 1. The van der Waals surface area contributed by atoms with E-state index in [0.717, 1.165) is 5.56 Å². The fourth-order valence-corrected chi connectivity index (χ4v) is 1.89. The molecular formula is C13H16N2O3. The molecule has 0 saturated heterocycles. The maximum absolute atomic E-state index is 11.6. The minimum Gasteiger partial charge on any atom is -0.425 e. The molecule has 2 rings (SSSR count). The molecule has 0 bridgehead atoms. The number of aromatic nitrogens is 2. The molecule has 0 aliphatic rings. The summed E-state index contributed by atoms with van der Waals surface area (Å²) in [6, 6.07) is 5.32. The van der Waals surface area contributed by atoms with Crippen LogP contribution in [0.25, 0.3) is 11.0 Å². The van der Waals surface area contributed by atoms with E-state index in [9.17, 15) is 14.8 Å². The third-order valence-corrected chi connectivity index (χ3v) is 3.11. The Morgan fingerprint density at radius 1 is 1.06 bits per heavy atom. The maximum Gasteiger partial charge on any atom is 0.349 e.